The topological polar surface area (TPSA) is 34.0 Å². The van der Waals surface area contributed by atoms with Gasteiger partial charge in [0.1, 0.15) is 6.54 Å². The summed E-state index contributed by atoms with van der Waals surface area (Å²) in [6.45, 7) is 0.333. The molecule has 4 aromatic rings. The summed E-state index contributed by atoms with van der Waals surface area (Å²) in [4.78, 5) is 14.2. The molecule has 0 bridgehead atoms. The summed E-state index contributed by atoms with van der Waals surface area (Å²) in [6, 6.07) is 23.2. The quantitative estimate of drug-likeness (QED) is 0.489. The molecule has 0 saturated heterocycles. The summed E-state index contributed by atoms with van der Waals surface area (Å²) in [7, 11) is 0. The Morgan fingerprint density at radius 2 is 1.93 bits per heavy atom. The number of nitrogens with one attached hydrogen (secondary N) is 1. The molecule has 1 aliphatic carbocycles. The summed E-state index contributed by atoms with van der Waals surface area (Å²) in [5.41, 5.74) is 4.85. The number of hydrogen-bond donors (Lipinski definition) is 1. The van der Waals surface area contributed by atoms with Gasteiger partial charge in [-0.15, -0.1) is 11.3 Å². The van der Waals surface area contributed by atoms with Crippen LogP contribution in [0.2, 0.25) is 0 Å². The minimum atomic E-state index is 0.0702. The lowest BCUT2D eigenvalue weighted by Gasteiger charge is -2.26. The van der Waals surface area contributed by atoms with Crippen molar-refractivity contribution < 1.29 is 4.79 Å². The van der Waals surface area contributed by atoms with Crippen LogP contribution in [0.4, 0.5) is 0 Å². The molecule has 5 rings (SSSR count). The zero-order valence-electron chi connectivity index (χ0n) is 15.6. The molecule has 0 aliphatic heterocycles. The molecule has 0 fully saturated rings. The van der Waals surface area contributed by atoms with Crippen LogP contribution in [-0.2, 0) is 17.8 Å². The maximum atomic E-state index is 13.0. The van der Waals surface area contributed by atoms with Crippen LogP contribution in [0, 0.1) is 0 Å². The van der Waals surface area contributed by atoms with Crippen molar-refractivity contribution in [2.24, 2.45) is 0 Å². The van der Waals surface area contributed by atoms with Gasteiger partial charge < -0.3 is 9.88 Å². The minimum Gasteiger partial charge on any atom is -0.348 e. The van der Waals surface area contributed by atoms with Crippen LogP contribution in [0.25, 0.3) is 21.5 Å². The van der Waals surface area contributed by atoms with Crippen LogP contribution < -0.4 is 5.32 Å². The van der Waals surface area contributed by atoms with E-state index in [9.17, 15) is 4.79 Å². The number of aromatic nitrogens is 1. The second kappa shape index (κ2) is 7.28. The standard InChI is InChI=1S/C24H22N2OS/c27-24(25-20-11-5-9-17-7-1-3-10-19(17)20)16-26-21-12-4-2-8-18(21)15-22(26)23-13-6-14-28-23/h1-4,6-8,10,12-15,20H,5,9,11,16H2,(H,25,27). The Balaban J connectivity index is 1.45. The van der Waals surface area contributed by atoms with Crippen molar-refractivity contribution in [2.75, 3.05) is 0 Å². The summed E-state index contributed by atoms with van der Waals surface area (Å²) in [5.74, 6) is 0.0702. The molecule has 1 aliphatic rings. The molecule has 28 heavy (non-hydrogen) atoms. The first-order valence-corrected chi connectivity index (χ1v) is 10.7. The monoisotopic (exact) mass is 386 g/mol. The van der Waals surface area contributed by atoms with Gasteiger partial charge in [-0.1, -0.05) is 48.5 Å². The van der Waals surface area contributed by atoms with E-state index in [2.05, 4.69) is 69.9 Å². The highest BCUT2D eigenvalue weighted by atomic mass is 32.1. The molecule has 1 unspecified atom stereocenters. The first-order chi connectivity index (χ1) is 13.8. The smallest absolute Gasteiger partial charge is 0.240 e. The Morgan fingerprint density at radius 3 is 2.82 bits per heavy atom. The Morgan fingerprint density at radius 1 is 1.07 bits per heavy atom. The molecule has 4 heteroatoms. The summed E-state index contributed by atoms with van der Waals surface area (Å²) in [5, 5.41) is 6.54. The second-order valence-electron chi connectivity index (χ2n) is 7.36. The zero-order valence-corrected chi connectivity index (χ0v) is 16.4. The molecule has 3 nitrogen and oxygen atoms in total. The van der Waals surface area contributed by atoms with Crippen LogP contribution in [-0.4, -0.2) is 10.5 Å². The van der Waals surface area contributed by atoms with Gasteiger partial charge in [0.15, 0.2) is 0 Å². The van der Waals surface area contributed by atoms with E-state index in [1.165, 1.54) is 21.4 Å². The normalized spacial score (nSPS) is 16.1. The summed E-state index contributed by atoms with van der Waals surface area (Å²) < 4.78 is 2.14. The molecule has 2 aromatic carbocycles. The number of nitrogens with zero attached hydrogens (tertiary/aromatic N) is 1. The molecule has 0 radical (unpaired) electrons. The van der Waals surface area contributed by atoms with Gasteiger partial charge in [0.25, 0.3) is 0 Å². The molecular formula is C24H22N2OS. The number of carbonyl (C=O) groups is 1. The Labute approximate surface area is 168 Å². The molecular weight excluding hydrogens is 364 g/mol. The fourth-order valence-corrected chi connectivity index (χ4v) is 5.05. The van der Waals surface area contributed by atoms with Crippen molar-refractivity contribution in [3.05, 3.63) is 83.2 Å². The van der Waals surface area contributed by atoms with Gasteiger partial charge in [0.2, 0.25) is 5.91 Å². The van der Waals surface area contributed by atoms with Gasteiger partial charge in [-0.05, 0) is 54.0 Å². The lowest BCUT2D eigenvalue weighted by Crippen LogP contribution is -2.33. The fraction of sp³-hybridized carbons (Fsp3) is 0.208. The first-order valence-electron chi connectivity index (χ1n) is 9.79. The average molecular weight is 387 g/mol. The Kier molecular flexibility index (Phi) is 4.49. The van der Waals surface area contributed by atoms with Gasteiger partial charge in [-0.3, -0.25) is 4.79 Å². The lowest BCUT2D eigenvalue weighted by atomic mass is 9.88. The van der Waals surface area contributed by atoms with E-state index in [1.54, 1.807) is 11.3 Å². The molecule has 2 aromatic heterocycles. The van der Waals surface area contributed by atoms with E-state index in [0.717, 1.165) is 30.5 Å². The second-order valence-corrected chi connectivity index (χ2v) is 8.31. The number of benzene rings is 2. The molecule has 0 saturated carbocycles. The third kappa shape index (κ3) is 3.14. The van der Waals surface area contributed by atoms with Crippen molar-refractivity contribution >= 4 is 28.1 Å². The predicted octanol–water partition coefficient (Wildman–Crippen LogP) is 5.56. The number of fused-ring (bicyclic) bond motifs is 2. The molecule has 140 valence electrons. The lowest BCUT2D eigenvalue weighted by molar-refractivity contribution is -0.122. The number of para-hydroxylation sites is 1. The molecule has 1 amide bonds. The molecule has 1 atom stereocenters. The number of aryl methyl sites for hydroxylation is 1. The predicted molar refractivity (Wildman–Crippen MR) is 116 cm³/mol. The van der Waals surface area contributed by atoms with E-state index >= 15 is 0 Å². The van der Waals surface area contributed by atoms with Crippen molar-refractivity contribution in [2.45, 2.75) is 31.8 Å². The maximum absolute atomic E-state index is 13.0. The number of rotatable bonds is 4. The first kappa shape index (κ1) is 17.3. The number of amides is 1. The highest BCUT2D eigenvalue weighted by Crippen LogP contribution is 2.32. The van der Waals surface area contributed by atoms with Gasteiger partial charge in [0.05, 0.1) is 16.6 Å². The van der Waals surface area contributed by atoms with Crippen molar-refractivity contribution in [3.8, 4) is 10.6 Å². The molecule has 2 heterocycles. The third-order valence-electron chi connectivity index (χ3n) is 5.59. The SMILES string of the molecule is O=C(Cn1c(-c2cccs2)cc2ccccc21)NC1CCCc2ccccc21. The Hall–Kier alpha value is -2.85. The van der Waals surface area contributed by atoms with Gasteiger partial charge in [-0.25, -0.2) is 0 Å². The van der Waals surface area contributed by atoms with Gasteiger partial charge >= 0.3 is 0 Å². The van der Waals surface area contributed by atoms with Gasteiger partial charge in [-0.2, -0.15) is 0 Å². The van der Waals surface area contributed by atoms with Crippen molar-refractivity contribution in [3.63, 3.8) is 0 Å². The summed E-state index contributed by atoms with van der Waals surface area (Å²) in [6.07, 6.45) is 3.23. The highest BCUT2D eigenvalue weighted by Gasteiger charge is 2.22. The number of hydrogen-bond acceptors (Lipinski definition) is 2. The molecule has 1 N–H and O–H groups in total. The number of thiophene rings is 1. The van der Waals surface area contributed by atoms with E-state index in [-0.39, 0.29) is 11.9 Å². The van der Waals surface area contributed by atoms with Crippen LogP contribution in [0.15, 0.2) is 72.1 Å². The van der Waals surface area contributed by atoms with E-state index in [0.29, 0.717) is 6.54 Å². The fourth-order valence-electron chi connectivity index (χ4n) is 4.30. The van der Waals surface area contributed by atoms with E-state index < -0.39 is 0 Å². The van der Waals surface area contributed by atoms with Crippen LogP contribution in [0.1, 0.15) is 30.0 Å². The maximum Gasteiger partial charge on any atom is 0.240 e. The van der Waals surface area contributed by atoms with Gasteiger partial charge in [0, 0.05) is 10.9 Å². The van der Waals surface area contributed by atoms with Crippen LogP contribution >= 0.6 is 11.3 Å². The van der Waals surface area contributed by atoms with Crippen molar-refractivity contribution in [1.29, 1.82) is 0 Å². The van der Waals surface area contributed by atoms with Crippen LogP contribution in [0.5, 0.6) is 0 Å². The highest BCUT2D eigenvalue weighted by molar-refractivity contribution is 7.13. The summed E-state index contributed by atoms with van der Waals surface area (Å²) >= 11 is 1.71. The molecule has 0 spiro atoms. The van der Waals surface area contributed by atoms with Crippen molar-refractivity contribution in [1.82, 2.24) is 9.88 Å². The van der Waals surface area contributed by atoms with E-state index in [4.69, 9.17) is 0 Å². The number of carbonyl (C=O) groups excluding carboxylic acids is 1. The third-order valence-corrected chi connectivity index (χ3v) is 6.48. The minimum absolute atomic E-state index is 0.0702. The van der Waals surface area contributed by atoms with Crippen LogP contribution in [0.3, 0.4) is 0 Å². The largest absolute Gasteiger partial charge is 0.348 e. The van der Waals surface area contributed by atoms with E-state index in [1.807, 2.05) is 12.1 Å². The Bertz CT molecular complexity index is 1130. The zero-order chi connectivity index (χ0) is 18.9. The average Bonchev–Trinajstić information content (AvgIpc) is 3.37.